The summed E-state index contributed by atoms with van der Waals surface area (Å²) >= 11 is 0. The highest BCUT2D eigenvalue weighted by Crippen LogP contribution is 2.36. The number of carbonyl (C=O) groups is 2. The standard InChI is InChI=1S/C25H25NO5/c27-24(19-9-7-18(8-10-19)22-6-3-12-30-22)26-16-20-4-1-2-5-23(20)31-13-11-17-14-21(15-17)25(28)29/h1-10,12,17,21H,11,13-16H2,(H,26,27)(H,28,29). The summed E-state index contributed by atoms with van der Waals surface area (Å²) in [7, 11) is 0. The van der Waals surface area contributed by atoms with Crippen molar-refractivity contribution < 1.29 is 23.8 Å². The molecular formula is C25H25NO5. The first-order chi connectivity index (χ1) is 15.1. The van der Waals surface area contributed by atoms with Crippen molar-refractivity contribution in [3.63, 3.8) is 0 Å². The quantitative estimate of drug-likeness (QED) is 0.522. The van der Waals surface area contributed by atoms with Gasteiger partial charge in [-0.15, -0.1) is 0 Å². The van der Waals surface area contributed by atoms with Crippen LogP contribution in [0.15, 0.2) is 71.3 Å². The molecule has 6 heteroatoms. The minimum Gasteiger partial charge on any atom is -0.493 e. The number of rotatable bonds is 9. The van der Waals surface area contributed by atoms with E-state index in [0.717, 1.165) is 41.9 Å². The maximum atomic E-state index is 12.5. The van der Waals surface area contributed by atoms with Crippen LogP contribution in [0.1, 0.15) is 35.2 Å². The fourth-order valence-electron chi connectivity index (χ4n) is 3.81. The Morgan fingerprint density at radius 2 is 1.81 bits per heavy atom. The first kappa shape index (κ1) is 20.7. The van der Waals surface area contributed by atoms with E-state index in [0.29, 0.717) is 24.6 Å². The van der Waals surface area contributed by atoms with E-state index in [1.165, 1.54) is 0 Å². The Morgan fingerprint density at radius 3 is 2.52 bits per heavy atom. The molecule has 2 N–H and O–H groups in total. The fourth-order valence-corrected chi connectivity index (χ4v) is 3.81. The van der Waals surface area contributed by atoms with Crippen molar-refractivity contribution in [2.45, 2.75) is 25.8 Å². The lowest BCUT2D eigenvalue weighted by atomic mass is 9.73. The molecule has 0 spiro atoms. The van der Waals surface area contributed by atoms with Crippen molar-refractivity contribution >= 4 is 11.9 Å². The smallest absolute Gasteiger partial charge is 0.306 e. The Morgan fingerprint density at radius 1 is 1.03 bits per heavy atom. The first-order valence-electron chi connectivity index (χ1n) is 10.5. The lowest BCUT2D eigenvalue weighted by Crippen LogP contribution is -2.31. The molecule has 0 radical (unpaired) electrons. The molecule has 4 rings (SSSR count). The number of carboxylic acid groups (broad SMARTS) is 1. The maximum absolute atomic E-state index is 12.5. The lowest BCUT2D eigenvalue weighted by molar-refractivity contribution is -0.146. The predicted octanol–water partition coefficient (Wildman–Crippen LogP) is 4.76. The predicted molar refractivity (Wildman–Crippen MR) is 116 cm³/mol. The molecule has 1 amide bonds. The van der Waals surface area contributed by atoms with E-state index in [1.807, 2.05) is 48.5 Å². The van der Waals surface area contributed by atoms with Gasteiger partial charge in [-0.25, -0.2) is 0 Å². The molecule has 2 aromatic carbocycles. The van der Waals surface area contributed by atoms with Crippen LogP contribution < -0.4 is 10.1 Å². The van der Waals surface area contributed by atoms with E-state index < -0.39 is 5.97 Å². The van der Waals surface area contributed by atoms with Crippen LogP contribution in [0.3, 0.4) is 0 Å². The van der Waals surface area contributed by atoms with Gasteiger partial charge in [0.25, 0.3) is 5.91 Å². The molecule has 1 fully saturated rings. The highest BCUT2D eigenvalue weighted by atomic mass is 16.5. The van der Waals surface area contributed by atoms with Crippen LogP contribution in [0.5, 0.6) is 5.75 Å². The van der Waals surface area contributed by atoms with Crippen LogP contribution in [0.4, 0.5) is 0 Å². The molecule has 6 nitrogen and oxygen atoms in total. The Hall–Kier alpha value is -3.54. The van der Waals surface area contributed by atoms with Gasteiger partial charge in [0.1, 0.15) is 11.5 Å². The normalized spacial score (nSPS) is 17.5. The van der Waals surface area contributed by atoms with Crippen molar-refractivity contribution in [3.05, 3.63) is 78.1 Å². The van der Waals surface area contributed by atoms with E-state index in [2.05, 4.69) is 5.32 Å². The summed E-state index contributed by atoms with van der Waals surface area (Å²) in [6.07, 6.45) is 3.92. The number of nitrogens with one attached hydrogen (secondary N) is 1. The summed E-state index contributed by atoms with van der Waals surface area (Å²) in [4.78, 5) is 23.4. The van der Waals surface area contributed by atoms with Crippen molar-refractivity contribution in [2.75, 3.05) is 6.61 Å². The zero-order valence-electron chi connectivity index (χ0n) is 17.1. The summed E-state index contributed by atoms with van der Waals surface area (Å²) in [6, 6.07) is 18.6. The van der Waals surface area contributed by atoms with E-state index in [-0.39, 0.29) is 11.8 Å². The molecule has 0 atom stereocenters. The number of hydrogen-bond donors (Lipinski definition) is 2. The van der Waals surface area contributed by atoms with Crippen LogP contribution in [-0.4, -0.2) is 23.6 Å². The summed E-state index contributed by atoms with van der Waals surface area (Å²) in [5, 5.41) is 11.9. The second-order valence-electron chi connectivity index (χ2n) is 7.85. The van der Waals surface area contributed by atoms with Crippen molar-refractivity contribution in [1.82, 2.24) is 5.32 Å². The SMILES string of the molecule is O=C(NCc1ccccc1OCCC1CC(C(=O)O)C1)c1ccc(-c2ccco2)cc1. The van der Waals surface area contributed by atoms with E-state index in [4.69, 9.17) is 14.3 Å². The number of ether oxygens (including phenoxy) is 1. The first-order valence-corrected chi connectivity index (χ1v) is 10.5. The number of carboxylic acids is 1. The number of benzene rings is 2. The van der Waals surface area contributed by atoms with E-state index in [9.17, 15) is 9.59 Å². The zero-order valence-corrected chi connectivity index (χ0v) is 17.1. The third-order valence-corrected chi connectivity index (χ3v) is 5.73. The summed E-state index contributed by atoms with van der Waals surface area (Å²) < 4.78 is 11.3. The molecule has 0 bridgehead atoms. The van der Waals surface area contributed by atoms with Gasteiger partial charge in [-0.05, 0) is 55.5 Å². The monoisotopic (exact) mass is 419 g/mol. The molecule has 160 valence electrons. The number of furan rings is 1. The molecule has 0 aliphatic heterocycles. The number of aliphatic carboxylic acids is 1. The second kappa shape index (κ2) is 9.51. The van der Waals surface area contributed by atoms with Gasteiger partial charge in [0, 0.05) is 23.2 Å². The van der Waals surface area contributed by atoms with Gasteiger partial charge in [-0.2, -0.15) is 0 Å². The minimum atomic E-state index is -0.700. The Labute approximate surface area is 180 Å². The highest BCUT2D eigenvalue weighted by molar-refractivity contribution is 5.94. The van der Waals surface area contributed by atoms with Crippen LogP contribution >= 0.6 is 0 Å². The number of hydrogen-bond acceptors (Lipinski definition) is 4. The summed E-state index contributed by atoms with van der Waals surface area (Å²) in [6.45, 7) is 0.898. The number of carbonyl (C=O) groups excluding carboxylic acids is 1. The average molecular weight is 419 g/mol. The fraction of sp³-hybridized carbons (Fsp3) is 0.280. The molecule has 1 saturated carbocycles. The largest absolute Gasteiger partial charge is 0.493 e. The van der Waals surface area contributed by atoms with Gasteiger partial charge >= 0.3 is 5.97 Å². The third kappa shape index (κ3) is 5.15. The van der Waals surface area contributed by atoms with Crippen LogP contribution in [-0.2, 0) is 11.3 Å². The molecule has 3 aromatic rings. The van der Waals surface area contributed by atoms with Crippen molar-refractivity contribution in [3.8, 4) is 17.1 Å². The molecule has 31 heavy (non-hydrogen) atoms. The van der Waals surface area contributed by atoms with Crippen molar-refractivity contribution in [1.29, 1.82) is 0 Å². The zero-order chi connectivity index (χ0) is 21.6. The average Bonchev–Trinajstić information content (AvgIpc) is 3.29. The third-order valence-electron chi connectivity index (χ3n) is 5.73. The molecular weight excluding hydrogens is 394 g/mol. The molecule has 0 unspecified atom stereocenters. The maximum Gasteiger partial charge on any atom is 0.306 e. The van der Waals surface area contributed by atoms with Crippen LogP contribution in [0.2, 0.25) is 0 Å². The molecule has 0 saturated heterocycles. The molecule has 1 heterocycles. The lowest BCUT2D eigenvalue weighted by Gasteiger charge is -2.32. The summed E-state index contributed by atoms with van der Waals surface area (Å²) in [5.74, 6) is 0.866. The number of amides is 1. The van der Waals surface area contributed by atoms with Crippen LogP contribution in [0.25, 0.3) is 11.3 Å². The van der Waals surface area contributed by atoms with Gasteiger partial charge in [0.2, 0.25) is 0 Å². The van der Waals surface area contributed by atoms with Gasteiger partial charge < -0.3 is 19.6 Å². The van der Waals surface area contributed by atoms with Crippen molar-refractivity contribution in [2.24, 2.45) is 11.8 Å². The van der Waals surface area contributed by atoms with Gasteiger partial charge in [-0.3, -0.25) is 9.59 Å². The molecule has 1 aromatic heterocycles. The Balaban J connectivity index is 1.27. The molecule has 1 aliphatic carbocycles. The van der Waals surface area contributed by atoms with Gasteiger partial charge in [-0.1, -0.05) is 30.3 Å². The van der Waals surface area contributed by atoms with Gasteiger partial charge in [0.15, 0.2) is 0 Å². The summed E-state index contributed by atoms with van der Waals surface area (Å²) in [5.41, 5.74) is 2.40. The molecule has 1 aliphatic rings. The Bertz CT molecular complexity index is 1020. The Kier molecular flexibility index (Phi) is 6.36. The minimum absolute atomic E-state index is 0.157. The number of para-hydroxylation sites is 1. The topological polar surface area (TPSA) is 88.8 Å². The van der Waals surface area contributed by atoms with E-state index >= 15 is 0 Å². The van der Waals surface area contributed by atoms with E-state index in [1.54, 1.807) is 18.4 Å². The second-order valence-corrected chi connectivity index (χ2v) is 7.85. The van der Waals surface area contributed by atoms with Crippen LogP contribution in [0, 0.1) is 11.8 Å². The highest BCUT2D eigenvalue weighted by Gasteiger charge is 2.33. The van der Waals surface area contributed by atoms with Gasteiger partial charge in [0.05, 0.1) is 18.8 Å².